The summed E-state index contributed by atoms with van der Waals surface area (Å²) >= 11 is 25.7. The first-order chi connectivity index (χ1) is 19.8. The molecule has 0 aliphatic rings. The number of anilines is 1. The van der Waals surface area contributed by atoms with Crippen molar-refractivity contribution in [1.82, 2.24) is 10.2 Å². The number of halogens is 4. The largest absolute Gasteiger partial charge is 0.352 e. The first-order valence-corrected chi connectivity index (χ1v) is 16.3. The minimum Gasteiger partial charge on any atom is -0.352 e. The quantitative estimate of drug-likeness (QED) is 0.216. The van der Waals surface area contributed by atoms with Crippen molar-refractivity contribution in [2.45, 2.75) is 64.1 Å². The van der Waals surface area contributed by atoms with Gasteiger partial charge in [-0.15, -0.1) is 0 Å². The highest BCUT2D eigenvalue weighted by molar-refractivity contribution is 7.92. The van der Waals surface area contributed by atoms with Gasteiger partial charge in [-0.05, 0) is 63.1 Å². The number of carbonyl (C=O) groups excluding carboxylic acids is 2. The average molecular weight is 673 g/mol. The third-order valence-electron chi connectivity index (χ3n) is 6.86. The monoisotopic (exact) mass is 671 g/mol. The highest BCUT2D eigenvalue weighted by atomic mass is 35.5. The van der Waals surface area contributed by atoms with E-state index in [1.54, 1.807) is 43.3 Å². The normalized spacial score (nSPS) is 12.9. The van der Waals surface area contributed by atoms with Gasteiger partial charge in [0.05, 0.1) is 20.6 Å². The Morgan fingerprint density at radius 1 is 0.857 bits per heavy atom. The number of rotatable bonds is 12. The molecule has 0 aliphatic carbocycles. The fourth-order valence-corrected chi connectivity index (χ4v) is 6.64. The fraction of sp³-hybridized carbons (Fsp3) is 0.333. The van der Waals surface area contributed by atoms with E-state index in [2.05, 4.69) is 5.32 Å². The summed E-state index contributed by atoms with van der Waals surface area (Å²) in [5.41, 5.74) is 1.31. The van der Waals surface area contributed by atoms with E-state index in [-0.39, 0.29) is 45.5 Å². The molecule has 2 atom stereocenters. The summed E-state index contributed by atoms with van der Waals surface area (Å²) in [6, 6.07) is 14.6. The molecule has 12 heteroatoms. The van der Waals surface area contributed by atoms with Gasteiger partial charge in [0.25, 0.3) is 10.0 Å². The van der Waals surface area contributed by atoms with Crippen molar-refractivity contribution >= 4 is 73.9 Å². The summed E-state index contributed by atoms with van der Waals surface area (Å²) in [4.78, 5) is 28.9. The number of nitrogens with zero attached hydrogens (tertiary/aromatic N) is 2. The third kappa shape index (κ3) is 7.91. The second-order valence-corrected chi connectivity index (χ2v) is 13.3. The molecule has 0 saturated carbocycles. The molecule has 226 valence electrons. The van der Waals surface area contributed by atoms with Crippen molar-refractivity contribution in [2.24, 2.45) is 0 Å². The lowest BCUT2D eigenvalue weighted by Gasteiger charge is -2.34. The van der Waals surface area contributed by atoms with Crippen LogP contribution in [-0.4, -0.2) is 43.8 Å². The van der Waals surface area contributed by atoms with E-state index < -0.39 is 28.5 Å². The third-order valence-corrected chi connectivity index (χ3v) is 10.2. The van der Waals surface area contributed by atoms with Crippen molar-refractivity contribution in [3.8, 4) is 0 Å². The lowest BCUT2D eigenvalue weighted by molar-refractivity contribution is -0.140. The van der Waals surface area contributed by atoms with Gasteiger partial charge in [-0.25, -0.2) is 8.42 Å². The van der Waals surface area contributed by atoms with E-state index in [1.807, 2.05) is 20.8 Å². The zero-order chi connectivity index (χ0) is 31.2. The van der Waals surface area contributed by atoms with Crippen LogP contribution in [0.15, 0.2) is 65.6 Å². The minimum atomic E-state index is -4.31. The van der Waals surface area contributed by atoms with Crippen LogP contribution in [0.4, 0.5) is 5.69 Å². The maximum atomic E-state index is 14.2. The number of aryl methyl sites for hydroxylation is 1. The Morgan fingerprint density at radius 2 is 1.43 bits per heavy atom. The molecule has 3 rings (SSSR count). The highest BCUT2D eigenvalue weighted by Crippen LogP contribution is 2.36. The van der Waals surface area contributed by atoms with Gasteiger partial charge in [0.2, 0.25) is 11.8 Å². The molecule has 7 nitrogen and oxygen atoms in total. The molecule has 1 N–H and O–H groups in total. The summed E-state index contributed by atoms with van der Waals surface area (Å²) in [6.45, 7) is 6.58. The fourth-order valence-electron chi connectivity index (χ4n) is 4.25. The number of hydrogen-bond donors (Lipinski definition) is 1. The van der Waals surface area contributed by atoms with Crippen LogP contribution in [0.3, 0.4) is 0 Å². The van der Waals surface area contributed by atoms with Crippen LogP contribution in [-0.2, 0) is 26.2 Å². The van der Waals surface area contributed by atoms with Crippen LogP contribution in [0.2, 0.25) is 20.1 Å². The van der Waals surface area contributed by atoms with Gasteiger partial charge >= 0.3 is 0 Å². The second kappa shape index (κ2) is 14.8. The van der Waals surface area contributed by atoms with E-state index in [1.165, 1.54) is 29.2 Å². The molecule has 0 unspecified atom stereocenters. The second-order valence-electron chi connectivity index (χ2n) is 9.86. The van der Waals surface area contributed by atoms with E-state index in [4.69, 9.17) is 46.4 Å². The molecule has 0 heterocycles. The number of carbonyl (C=O) groups is 2. The molecule has 0 bridgehead atoms. The van der Waals surface area contributed by atoms with E-state index in [0.29, 0.717) is 22.0 Å². The summed E-state index contributed by atoms with van der Waals surface area (Å²) in [7, 11) is -4.31. The van der Waals surface area contributed by atoms with E-state index in [9.17, 15) is 18.0 Å². The van der Waals surface area contributed by atoms with Gasteiger partial charge in [0.15, 0.2) is 0 Å². The van der Waals surface area contributed by atoms with Crippen LogP contribution >= 0.6 is 46.4 Å². The smallest absolute Gasteiger partial charge is 0.264 e. The maximum Gasteiger partial charge on any atom is 0.264 e. The van der Waals surface area contributed by atoms with Gasteiger partial charge in [-0.3, -0.25) is 13.9 Å². The maximum absolute atomic E-state index is 14.2. The molecular weight excluding hydrogens is 640 g/mol. The van der Waals surface area contributed by atoms with Crippen LogP contribution < -0.4 is 9.62 Å². The average Bonchev–Trinajstić information content (AvgIpc) is 2.94. The molecule has 2 amide bonds. The van der Waals surface area contributed by atoms with Gasteiger partial charge in [-0.1, -0.05) is 90.1 Å². The van der Waals surface area contributed by atoms with Crippen LogP contribution in [0, 0.1) is 6.92 Å². The van der Waals surface area contributed by atoms with E-state index in [0.717, 1.165) is 9.87 Å². The minimum absolute atomic E-state index is 0.0194. The van der Waals surface area contributed by atoms with Gasteiger partial charge < -0.3 is 10.2 Å². The Bertz CT molecular complexity index is 1510. The summed E-state index contributed by atoms with van der Waals surface area (Å²) in [5.74, 6) is -1.04. The molecule has 0 saturated heterocycles. The Morgan fingerprint density at radius 3 is 2.00 bits per heavy atom. The number of sulfonamides is 1. The van der Waals surface area contributed by atoms with Crippen LogP contribution in [0.5, 0.6) is 0 Å². The highest BCUT2D eigenvalue weighted by Gasteiger charge is 2.35. The molecule has 3 aromatic carbocycles. The van der Waals surface area contributed by atoms with Crippen molar-refractivity contribution in [2.75, 3.05) is 10.8 Å². The molecule has 0 fully saturated rings. The number of amides is 2. The van der Waals surface area contributed by atoms with Crippen molar-refractivity contribution in [3.63, 3.8) is 0 Å². The first kappa shape index (κ1) is 34.0. The predicted molar refractivity (Wildman–Crippen MR) is 171 cm³/mol. The summed E-state index contributed by atoms with van der Waals surface area (Å²) < 4.78 is 29.0. The Balaban J connectivity index is 2.14. The lowest BCUT2D eigenvalue weighted by atomic mass is 10.1. The van der Waals surface area contributed by atoms with Crippen LogP contribution in [0.25, 0.3) is 0 Å². The zero-order valence-electron chi connectivity index (χ0n) is 23.7. The molecule has 0 spiro atoms. The predicted octanol–water partition coefficient (Wildman–Crippen LogP) is 7.53. The van der Waals surface area contributed by atoms with E-state index >= 15 is 0 Å². The summed E-state index contributed by atoms with van der Waals surface area (Å²) in [6.07, 6.45) is 0.932. The van der Waals surface area contributed by atoms with Crippen molar-refractivity contribution in [3.05, 3.63) is 91.9 Å². The lowest BCUT2D eigenvalue weighted by Crippen LogP contribution is -2.53. The van der Waals surface area contributed by atoms with Gasteiger partial charge in [0, 0.05) is 28.2 Å². The molecule has 0 aromatic heterocycles. The zero-order valence-corrected chi connectivity index (χ0v) is 27.5. The molecule has 0 radical (unpaired) electrons. The first-order valence-electron chi connectivity index (χ1n) is 13.4. The number of nitrogens with one attached hydrogen (secondary N) is 1. The summed E-state index contributed by atoms with van der Waals surface area (Å²) in [5, 5.41) is 3.61. The molecular formula is C30H33Cl4N3O4S. The van der Waals surface area contributed by atoms with Gasteiger partial charge in [-0.2, -0.15) is 0 Å². The molecule has 0 aliphatic heterocycles. The Hall–Kier alpha value is -2.49. The Labute approximate surface area is 267 Å². The number of benzene rings is 3. The van der Waals surface area contributed by atoms with Crippen molar-refractivity contribution < 1.29 is 18.0 Å². The molecule has 42 heavy (non-hydrogen) atoms. The standard InChI is InChI=1S/C30H33Cl4N3O4S/c1-5-20(4)35-30(39)26(6-2)36(17-22-23(31)9-7-10-24(22)32)28(38)18-37(27-12-8-11-25(33)29(27)34)42(40,41)21-15-13-19(3)14-16-21/h7-16,20,26H,5-6,17-18H2,1-4H3,(H,35,39)/t20-,26+/m1/s1. The number of hydrogen-bond acceptors (Lipinski definition) is 4. The van der Waals surface area contributed by atoms with Crippen LogP contribution in [0.1, 0.15) is 44.7 Å². The van der Waals surface area contributed by atoms with Gasteiger partial charge in [0.1, 0.15) is 12.6 Å². The SMILES string of the molecule is CC[C@@H](C)NC(=O)[C@H](CC)N(Cc1c(Cl)cccc1Cl)C(=O)CN(c1cccc(Cl)c1Cl)S(=O)(=O)c1ccc(C)cc1. The molecule has 3 aromatic rings. The van der Waals surface area contributed by atoms with Crippen molar-refractivity contribution in [1.29, 1.82) is 0 Å². The topological polar surface area (TPSA) is 86.8 Å². The Kier molecular flexibility index (Phi) is 12.0.